The molecule has 1 unspecified atom stereocenters. The minimum Gasteiger partial charge on any atom is -0.493 e. The van der Waals surface area contributed by atoms with Crippen LogP contribution in [0.25, 0.3) is 0 Å². The fraction of sp³-hybridized carbons (Fsp3) is 0.381. The second kappa shape index (κ2) is 9.16. The van der Waals surface area contributed by atoms with Gasteiger partial charge in [-0.25, -0.2) is 4.99 Å². The average Bonchev–Trinajstić information content (AvgIpc) is 3.20. The molecular formula is C21H28N4O2. The molecule has 1 heterocycles. The Kier molecular flexibility index (Phi) is 6.41. The topological polar surface area (TPSA) is 72.1 Å². The lowest BCUT2D eigenvalue weighted by atomic mass is 10.1. The summed E-state index contributed by atoms with van der Waals surface area (Å²) < 4.78 is 10.6. The number of rotatable bonds is 7. The smallest absolute Gasteiger partial charge is 0.188 e. The summed E-state index contributed by atoms with van der Waals surface area (Å²) in [5.74, 6) is 2.45. The second-order valence-electron chi connectivity index (χ2n) is 6.71. The maximum atomic E-state index is 6.04. The molecule has 6 nitrogen and oxygen atoms in total. The Morgan fingerprint density at radius 2 is 1.93 bits per heavy atom. The third kappa shape index (κ3) is 5.06. The van der Waals surface area contributed by atoms with Gasteiger partial charge in [0.05, 0.1) is 20.8 Å². The van der Waals surface area contributed by atoms with Gasteiger partial charge in [-0.05, 0) is 42.2 Å². The van der Waals surface area contributed by atoms with Crippen molar-refractivity contribution in [1.82, 2.24) is 5.32 Å². The van der Waals surface area contributed by atoms with Crippen molar-refractivity contribution in [3.05, 3.63) is 54.1 Å². The van der Waals surface area contributed by atoms with Crippen LogP contribution in [0.15, 0.2) is 53.5 Å². The van der Waals surface area contributed by atoms with E-state index in [1.54, 1.807) is 14.2 Å². The van der Waals surface area contributed by atoms with E-state index >= 15 is 0 Å². The Hall–Kier alpha value is -2.89. The van der Waals surface area contributed by atoms with E-state index in [1.807, 2.05) is 24.3 Å². The van der Waals surface area contributed by atoms with Crippen LogP contribution in [0.2, 0.25) is 0 Å². The van der Waals surface area contributed by atoms with Gasteiger partial charge in [0, 0.05) is 25.3 Å². The number of anilines is 1. The van der Waals surface area contributed by atoms with Gasteiger partial charge < -0.3 is 25.4 Å². The molecule has 1 atom stereocenters. The van der Waals surface area contributed by atoms with Gasteiger partial charge in [0.2, 0.25) is 0 Å². The molecule has 144 valence electrons. The zero-order valence-corrected chi connectivity index (χ0v) is 16.0. The Labute approximate surface area is 161 Å². The van der Waals surface area contributed by atoms with Gasteiger partial charge in [0.1, 0.15) is 0 Å². The standard InChI is InChI=1S/C21H28N4O2/c1-26-19-9-8-16(12-20(19)27-2)13-23-21(22)24-14-17-10-11-25(15-17)18-6-4-3-5-7-18/h3-9,12,17H,10-11,13-15H2,1-2H3,(H3,22,23,24). The fourth-order valence-electron chi connectivity index (χ4n) is 3.33. The van der Waals surface area contributed by atoms with Crippen LogP contribution in [0.1, 0.15) is 12.0 Å². The summed E-state index contributed by atoms with van der Waals surface area (Å²) in [5.41, 5.74) is 8.35. The number of hydrogen-bond acceptors (Lipinski definition) is 4. The van der Waals surface area contributed by atoms with Crippen LogP contribution in [0, 0.1) is 5.92 Å². The SMILES string of the molecule is COc1ccc(CN=C(N)NCC2CCN(c3ccccc3)C2)cc1OC. The molecule has 3 N–H and O–H groups in total. The summed E-state index contributed by atoms with van der Waals surface area (Å²) in [7, 11) is 3.25. The number of hydrogen-bond donors (Lipinski definition) is 2. The first-order chi connectivity index (χ1) is 13.2. The summed E-state index contributed by atoms with van der Waals surface area (Å²) in [5, 5.41) is 3.26. The molecule has 2 aromatic carbocycles. The molecule has 0 bridgehead atoms. The molecule has 0 aromatic heterocycles. The lowest BCUT2D eigenvalue weighted by Gasteiger charge is -2.18. The first kappa shape index (κ1) is 18.9. The van der Waals surface area contributed by atoms with E-state index < -0.39 is 0 Å². The molecule has 0 saturated carbocycles. The summed E-state index contributed by atoms with van der Waals surface area (Å²) in [6.45, 7) is 3.46. The quantitative estimate of drug-likeness (QED) is 0.581. The first-order valence-electron chi connectivity index (χ1n) is 9.24. The molecule has 1 aliphatic rings. The van der Waals surface area contributed by atoms with Crippen molar-refractivity contribution in [1.29, 1.82) is 0 Å². The minimum atomic E-state index is 0.475. The van der Waals surface area contributed by atoms with Crippen LogP contribution in [0.3, 0.4) is 0 Å². The van der Waals surface area contributed by atoms with Crippen molar-refractivity contribution in [2.24, 2.45) is 16.6 Å². The number of nitrogens with zero attached hydrogens (tertiary/aromatic N) is 2. The first-order valence-corrected chi connectivity index (χ1v) is 9.24. The summed E-state index contributed by atoms with van der Waals surface area (Å²) in [6.07, 6.45) is 1.16. The van der Waals surface area contributed by atoms with Gasteiger partial charge >= 0.3 is 0 Å². The Morgan fingerprint density at radius 1 is 1.15 bits per heavy atom. The third-order valence-corrected chi connectivity index (χ3v) is 4.86. The van der Waals surface area contributed by atoms with Gasteiger partial charge in [-0.3, -0.25) is 0 Å². The summed E-state index contributed by atoms with van der Waals surface area (Å²) >= 11 is 0. The zero-order chi connectivity index (χ0) is 19.1. The molecule has 1 aliphatic heterocycles. The lowest BCUT2D eigenvalue weighted by Crippen LogP contribution is -2.36. The number of benzene rings is 2. The van der Waals surface area contributed by atoms with E-state index in [0.29, 0.717) is 29.9 Å². The van der Waals surface area contributed by atoms with Gasteiger partial charge in [0.15, 0.2) is 17.5 Å². The van der Waals surface area contributed by atoms with Crippen LogP contribution < -0.4 is 25.4 Å². The number of methoxy groups -OCH3 is 2. The van der Waals surface area contributed by atoms with Crippen LogP contribution in [0.4, 0.5) is 5.69 Å². The van der Waals surface area contributed by atoms with Crippen molar-refractivity contribution in [3.8, 4) is 11.5 Å². The van der Waals surface area contributed by atoms with E-state index in [9.17, 15) is 0 Å². The van der Waals surface area contributed by atoms with E-state index in [-0.39, 0.29) is 0 Å². The lowest BCUT2D eigenvalue weighted by molar-refractivity contribution is 0.354. The van der Waals surface area contributed by atoms with Crippen molar-refractivity contribution in [3.63, 3.8) is 0 Å². The average molecular weight is 368 g/mol. The normalized spacial score (nSPS) is 17.0. The van der Waals surface area contributed by atoms with Crippen LogP contribution >= 0.6 is 0 Å². The number of ether oxygens (including phenoxy) is 2. The summed E-state index contributed by atoms with van der Waals surface area (Å²) in [6, 6.07) is 16.3. The molecule has 0 amide bonds. The zero-order valence-electron chi connectivity index (χ0n) is 16.0. The van der Waals surface area contributed by atoms with Crippen LogP contribution in [0.5, 0.6) is 11.5 Å². The maximum Gasteiger partial charge on any atom is 0.188 e. The number of para-hydroxylation sites is 1. The number of nitrogens with two attached hydrogens (primary N) is 1. The monoisotopic (exact) mass is 368 g/mol. The molecule has 3 rings (SSSR count). The van der Waals surface area contributed by atoms with Crippen molar-refractivity contribution >= 4 is 11.6 Å². The number of guanidine groups is 1. The van der Waals surface area contributed by atoms with Crippen LogP contribution in [-0.4, -0.2) is 39.8 Å². The predicted molar refractivity (Wildman–Crippen MR) is 110 cm³/mol. The fourth-order valence-corrected chi connectivity index (χ4v) is 3.33. The molecule has 0 radical (unpaired) electrons. The molecule has 0 aliphatic carbocycles. The second-order valence-corrected chi connectivity index (χ2v) is 6.71. The van der Waals surface area contributed by atoms with Gasteiger partial charge in [-0.15, -0.1) is 0 Å². The molecule has 27 heavy (non-hydrogen) atoms. The molecule has 2 aromatic rings. The largest absolute Gasteiger partial charge is 0.493 e. The Balaban J connectivity index is 1.47. The highest BCUT2D eigenvalue weighted by Gasteiger charge is 2.22. The van der Waals surface area contributed by atoms with Crippen LogP contribution in [-0.2, 0) is 6.54 Å². The predicted octanol–water partition coefficient (Wildman–Crippen LogP) is 2.63. The van der Waals surface area contributed by atoms with Gasteiger partial charge in [-0.2, -0.15) is 0 Å². The van der Waals surface area contributed by atoms with Crippen molar-refractivity contribution in [2.75, 3.05) is 38.8 Å². The van der Waals surface area contributed by atoms with E-state index in [0.717, 1.165) is 31.6 Å². The summed E-state index contributed by atoms with van der Waals surface area (Å²) in [4.78, 5) is 6.86. The Morgan fingerprint density at radius 3 is 2.67 bits per heavy atom. The van der Waals surface area contributed by atoms with E-state index in [2.05, 4.69) is 39.5 Å². The Bertz CT molecular complexity index is 764. The van der Waals surface area contributed by atoms with E-state index in [1.165, 1.54) is 5.69 Å². The molecule has 1 saturated heterocycles. The van der Waals surface area contributed by atoms with Crippen molar-refractivity contribution in [2.45, 2.75) is 13.0 Å². The highest BCUT2D eigenvalue weighted by atomic mass is 16.5. The van der Waals surface area contributed by atoms with Crippen molar-refractivity contribution < 1.29 is 9.47 Å². The minimum absolute atomic E-state index is 0.475. The number of aliphatic imine (C=N–C) groups is 1. The third-order valence-electron chi connectivity index (χ3n) is 4.86. The molecule has 1 fully saturated rings. The molecule has 0 spiro atoms. The molecule has 6 heteroatoms. The number of nitrogens with one attached hydrogen (secondary N) is 1. The van der Waals surface area contributed by atoms with E-state index in [4.69, 9.17) is 15.2 Å². The molecular weight excluding hydrogens is 340 g/mol. The highest BCUT2D eigenvalue weighted by Crippen LogP contribution is 2.27. The van der Waals surface area contributed by atoms with Gasteiger partial charge in [-0.1, -0.05) is 24.3 Å². The van der Waals surface area contributed by atoms with Gasteiger partial charge in [0.25, 0.3) is 0 Å². The highest BCUT2D eigenvalue weighted by molar-refractivity contribution is 5.77. The maximum absolute atomic E-state index is 6.04.